The van der Waals surface area contributed by atoms with Crippen LogP contribution in [0.25, 0.3) is 0 Å². The topological polar surface area (TPSA) is 84.7 Å². The number of amides is 1. The lowest BCUT2D eigenvalue weighted by Gasteiger charge is -2.30. The highest BCUT2D eigenvalue weighted by molar-refractivity contribution is 6.35. The second-order valence-electron chi connectivity index (χ2n) is 8.70. The number of ether oxygens (including phenoxy) is 1. The minimum absolute atomic E-state index is 0.179. The number of nitro groups is 1. The monoisotopic (exact) mass is 531 g/mol. The first kappa shape index (κ1) is 23.9. The van der Waals surface area contributed by atoms with Gasteiger partial charge in [-0.1, -0.05) is 65.1 Å². The quantitative estimate of drug-likeness (QED) is 0.334. The summed E-state index contributed by atoms with van der Waals surface area (Å²) in [6, 6.07) is 16.2. The van der Waals surface area contributed by atoms with E-state index in [4.69, 9.17) is 39.5 Å². The molecule has 3 aromatic rings. The van der Waals surface area contributed by atoms with Gasteiger partial charge in [-0.25, -0.2) is 0 Å². The van der Waals surface area contributed by atoms with Gasteiger partial charge in [0, 0.05) is 38.3 Å². The van der Waals surface area contributed by atoms with Crippen molar-refractivity contribution >= 4 is 46.4 Å². The number of nitrogens with zero attached hydrogens (tertiary/aromatic N) is 2. The molecule has 7 nitrogen and oxygen atoms in total. The Morgan fingerprint density at radius 1 is 1.11 bits per heavy atom. The van der Waals surface area contributed by atoms with Gasteiger partial charge in [0.1, 0.15) is 12.4 Å². The van der Waals surface area contributed by atoms with E-state index in [0.717, 1.165) is 5.56 Å². The van der Waals surface area contributed by atoms with Crippen LogP contribution in [0, 0.1) is 10.1 Å². The highest BCUT2D eigenvalue weighted by atomic mass is 35.5. The van der Waals surface area contributed by atoms with Crippen LogP contribution in [0.15, 0.2) is 60.7 Å². The molecule has 0 saturated carbocycles. The number of hydrogen-bond donors (Lipinski definition) is 1. The predicted molar refractivity (Wildman–Crippen MR) is 135 cm³/mol. The van der Waals surface area contributed by atoms with E-state index in [0.29, 0.717) is 44.2 Å². The summed E-state index contributed by atoms with van der Waals surface area (Å²) >= 11 is 18.7. The molecule has 2 aliphatic heterocycles. The number of likely N-dealkylation sites (N-methyl/N-ethyl adjacent to an activating group) is 1. The molecule has 3 atom stereocenters. The molecule has 10 heteroatoms. The van der Waals surface area contributed by atoms with E-state index in [-0.39, 0.29) is 11.5 Å². The third-order valence-electron chi connectivity index (χ3n) is 6.82. The maximum Gasteiger partial charge on any atom is 0.256 e. The van der Waals surface area contributed by atoms with Gasteiger partial charge in [0.25, 0.3) is 11.9 Å². The van der Waals surface area contributed by atoms with Crippen molar-refractivity contribution in [2.45, 2.75) is 24.1 Å². The fourth-order valence-electron chi connectivity index (χ4n) is 5.24. The Labute approximate surface area is 216 Å². The van der Waals surface area contributed by atoms with E-state index < -0.39 is 23.4 Å². The number of para-hydroxylation sites is 1. The van der Waals surface area contributed by atoms with E-state index >= 15 is 0 Å². The second kappa shape index (κ2) is 8.99. The summed E-state index contributed by atoms with van der Waals surface area (Å²) in [6.45, 7) is 0.489. The van der Waals surface area contributed by atoms with Crippen molar-refractivity contribution in [1.29, 1.82) is 0 Å². The van der Waals surface area contributed by atoms with Gasteiger partial charge in [-0.2, -0.15) is 0 Å². The third kappa shape index (κ3) is 3.83. The number of nitrogens with one attached hydrogen (secondary N) is 1. The van der Waals surface area contributed by atoms with Crippen LogP contribution in [0.2, 0.25) is 15.1 Å². The minimum atomic E-state index is -1.41. The summed E-state index contributed by atoms with van der Waals surface area (Å²) in [6.07, 6.45) is 0. The standard InChI is InChI=1S/C25H20Cl3N3O4/c1-30-12-17(23(31(33)34)25(30)18-4-2-3-5-21(18)29-24(25)32)14-7-9-22(20(28)10-14)35-13-15-6-8-16(26)11-19(15)27/h2-11,17,23H,12-13H2,1H3,(H,29,32)/t17-,23+,25+/m1/s1. The molecular formula is C25H20Cl3N3O4. The average Bonchev–Trinajstić information content (AvgIpc) is 3.29. The van der Waals surface area contributed by atoms with Crippen LogP contribution in [-0.4, -0.2) is 35.4 Å². The number of likely N-dealkylation sites (tertiary alicyclic amines) is 1. The van der Waals surface area contributed by atoms with E-state index in [2.05, 4.69) is 5.32 Å². The summed E-state index contributed by atoms with van der Waals surface area (Å²) in [5.41, 5.74) is 1.21. The number of fused-ring (bicyclic) bond motifs is 2. The summed E-state index contributed by atoms with van der Waals surface area (Å²) < 4.78 is 5.85. The SMILES string of the molecule is CN1C[C@H](c2ccc(OCc3ccc(Cl)cc3Cl)c(Cl)c2)[C@H]([N+](=O)[O-])[C@@]12C(=O)Nc1ccccc12. The Kier molecular flexibility index (Phi) is 6.13. The lowest BCUT2D eigenvalue weighted by molar-refractivity contribution is -0.534. The Balaban J connectivity index is 1.46. The normalized spacial score (nSPS) is 23.4. The number of carbonyl (C=O) groups excluding carboxylic acids is 1. The molecule has 1 spiro atoms. The highest BCUT2D eigenvalue weighted by Gasteiger charge is 2.68. The molecule has 35 heavy (non-hydrogen) atoms. The van der Waals surface area contributed by atoms with Gasteiger partial charge >= 0.3 is 0 Å². The highest BCUT2D eigenvalue weighted by Crippen LogP contribution is 2.52. The van der Waals surface area contributed by atoms with E-state index in [9.17, 15) is 14.9 Å². The van der Waals surface area contributed by atoms with Gasteiger partial charge in [0.05, 0.1) is 10.9 Å². The molecule has 0 bridgehead atoms. The summed E-state index contributed by atoms with van der Waals surface area (Å²) in [5, 5.41) is 16.6. The largest absolute Gasteiger partial charge is 0.487 e. The van der Waals surface area contributed by atoms with E-state index in [1.807, 2.05) is 0 Å². The van der Waals surface area contributed by atoms with Gasteiger partial charge < -0.3 is 10.1 Å². The molecule has 3 aromatic carbocycles. The van der Waals surface area contributed by atoms with Gasteiger partial charge in [0.15, 0.2) is 5.54 Å². The fourth-order valence-corrected chi connectivity index (χ4v) is 5.95. The number of halogens is 3. The summed E-state index contributed by atoms with van der Waals surface area (Å²) in [7, 11) is 1.74. The van der Waals surface area contributed by atoms with Gasteiger partial charge in [-0.15, -0.1) is 0 Å². The molecule has 2 aliphatic rings. The molecule has 180 valence electrons. The minimum Gasteiger partial charge on any atom is -0.487 e. The number of benzene rings is 3. The molecule has 0 radical (unpaired) electrons. The van der Waals surface area contributed by atoms with E-state index in [1.165, 1.54) is 0 Å². The van der Waals surface area contributed by atoms with Crippen LogP contribution >= 0.6 is 34.8 Å². The van der Waals surface area contributed by atoms with Crippen LogP contribution in [-0.2, 0) is 16.9 Å². The lowest BCUT2D eigenvalue weighted by atomic mass is 9.79. The van der Waals surface area contributed by atoms with Crippen LogP contribution in [0.4, 0.5) is 5.69 Å². The average molecular weight is 533 g/mol. The van der Waals surface area contributed by atoms with Crippen molar-refractivity contribution in [3.05, 3.63) is 103 Å². The van der Waals surface area contributed by atoms with Crippen LogP contribution < -0.4 is 10.1 Å². The fraction of sp³-hybridized carbons (Fsp3) is 0.240. The van der Waals surface area contributed by atoms with Crippen molar-refractivity contribution in [1.82, 2.24) is 4.90 Å². The smallest absolute Gasteiger partial charge is 0.256 e. The number of carbonyl (C=O) groups is 1. The lowest BCUT2D eigenvalue weighted by Crippen LogP contribution is -2.54. The summed E-state index contributed by atoms with van der Waals surface area (Å²) in [4.78, 5) is 27.1. The first-order valence-corrected chi connectivity index (χ1v) is 12.0. The number of rotatable bonds is 5. The van der Waals surface area contributed by atoms with Crippen LogP contribution in [0.5, 0.6) is 5.75 Å². The van der Waals surface area contributed by atoms with Crippen molar-refractivity contribution in [3.8, 4) is 5.75 Å². The van der Waals surface area contributed by atoms with E-state index in [1.54, 1.807) is 72.6 Å². The molecular weight excluding hydrogens is 513 g/mol. The molecule has 2 heterocycles. The number of anilines is 1. The molecule has 1 amide bonds. The zero-order valence-corrected chi connectivity index (χ0v) is 20.8. The Morgan fingerprint density at radius 2 is 1.89 bits per heavy atom. The second-order valence-corrected chi connectivity index (χ2v) is 9.95. The summed E-state index contributed by atoms with van der Waals surface area (Å²) in [5.74, 6) is -0.537. The molecule has 0 unspecified atom stereocenters. The molecule has 5 rings (SSSR count). The Bertz CT molecular complexity index is 1350. The first-order chi connectivity index (χ1) is 16.7. The third-order valence-corrected chi connectivity index (χ3v) is 7.71. The molecule has 1 fully saturated rings. The van der Waals surface area contributed by atoms with Gasteiger partial charge in [-0.3, -0.25) is 19.8 Å². The van der Waals surface area contributed by atoms with Gasteiger partial charge in [-0.05, 0) is 42.9 Å². The van der Waals surface area contributed by atoms with Crippen LogP contribution in [0.3, 0.4) is 0 Å². The van der Waals surface area contributed by atoms with Crippen molar-refractivity contribution in [3.63, 3.8) is 0 Å². The zero-order valence-electron chi connectivity index (χ0n) is 18.5. The maximum atomic E-state index is 13.2. The zero-order chi connectivity index (χ0) is 24.9. The van der Waals surface area contributed by atoms with Gasteiger partial charge in [0.2, 0.25) is 0 Å². The van der Waals surface area contributed by atoms with Crippen molar-refractivity contribution in [2.24, 2.45) is 0 Å². The molecule has 0 aliphatic carbocycles. The predicted octanol–water partition coefficient (Wildman–Crippen LogP) is 5.75. The maximum absolute atomic E-state index is 13.2. The molecule has 1 N–H and O–H groups in total. The molecule has 1 saturated heterocycles. The van der Waals surface area contributed by atoms with Crippen molar-refractivity contribution < 1.29 is 14.5 Å². The molecule has 0 aromatic heterocycles. The first-order valence-electron chi connectivity index (χ1n) is 10.9. The van der Waals surface area contributed by atoms with Crippen molar-refractivity contribution in [2.75, 3.05) is 18.9 Å². The van der Waals surface area contributed by atoms with Crippen LogP contribution in [0.1, 0.15) is 22.6 Å². The Morgan fingerprint density at radius 3 is 2.60 bits per heavy atom. The Hall–Kier alpha value is -2.84. The number of hydrogen-bond acceptors (Lipinski definition) is 5.